The first-order valence-electron chi connectivity index (χ1n) is 4.27. The van der Waals surface area contributed by atoms with Gasteiger partial charge < -0.3 is 5.11 Å². The van der Waals surface area contributed by atoms with E-state index in [1.165, 1.54) is 0 Å². The molecule has 0 amide bonds. The molecule has 1 rings (SSSR count). The maximum atomic E-state index is 11.0. The molecule has 15 heavy (non-hydrogen) atoms. The summed E-state index contributed by atoms with van der Waals surface area (Å²) in [5.74, 6) is -0.880. The Morgan fingerprint density at radius 1 is 1.53 bits per heavy atom. The average Bonchev–Trinajstić information content (AvgIpc) is 2.10. The zero-order valence-electron chi connectivity index (χ0n) is 8.37. The molecule has 3 nitrogen and oxygen atoms in total. The summed E-state index contributed by atoms with van der Waals surface area (Å²) in [5, 5.41) is 9.64. The third-order valence-corrected chi connectivity index (χ3v) is 3.22. The van der Waals surface area contributed by atoms with E-state index in [1.54, 1.807) is 37.2 Å². The summed E-state index contributed by atoms with van der Waals surface area (Å²) in [7, 11) is 3.45. The van der Waals surface area contributed by atoms with Crippen molar-refractivity contribution in [1.29, 1.82) is 0 Å². The highest BCUT2D eigenvalue weighted by Crippen LogP contribution is 2.27. The average molecular weight is 293 g/mol. The lowest BCUT2D eigenvalue weighted by Gasteiger charge is -2.20. The van der Waals surface area contributed by atoms with Crippen LogP contribution in [-0.2, 0) is 4.79 Å². The maximum Gasteiger partial charge on any atom is 0.325 e. The number of hydrogen-bond donors (Lipinski definition) is 1. The minimum atomic E-state index is -0.880. The molecule has 0 spiro atoms. The molecule has 0 saturated carbocycles. The molecule has 0 heterocycles. The third kappa shape index (κ3) is 2.93. The smallest absolute Gasteiger partial charge is 0.325 e. The number of rotatable bonds is 3. The topological polar surface area (TPSA) is 40.5 Å². The summed E-state index contributed by atoms with van der Waals surface area (Å²) in [4.78, 5) is 12.7. The number of benzene rings is 1. The molecule has 0 aliphatic heterocycles. The Morgan fingerprint density at radius 3 is 2.53 bits per heavy atom. The highest BCUT2D eigenvalue weighted by molar-refractivity contribution is 9.10. The van der Waals surface area contributed by atoms with Crippen LogP contribution in [0.1, 0.15) is 11.6 Å². The van der Waals surface area contributed by atoms with E-state index in [0.29, 0.717) is 15.1 Å². The molecule has 0 bridgehead atoms. The second-order valence-corrected chi connectivity index (χ2v) is 4.64. The van der Waals surface area contributed by atoms with Crippen molar-refractivity contribution in [2.75, 3.05) is 14.1 Å². The number of nitrogens with zero attached hydrogens (tertiary/aromatic N) is 1. The third-order valence-electron chi connectivity index (χ3n) is 2.01. The van der Waals surface area contributed by atoms with Crippen LogP contribution in [0, 0.1) is 0 Å². The van der Waals surface area contributed by atoms with Gasteiger partial charge in [0.1, 0.15) is 6.04 Å². The van der Waals surface area contributed by atoms with Crippen LogP contribution >= 0.6 is 27.5 Å². The molecule has 1 atom stereocenters. The summed E-state index contributed by atoms with van der Waals surface area (Å²) in [5.41, 5.74) is 0.698. The maximum absolute atomic E-state index is 11.0. The van der Waals surface area contributed by atoms with Crippen LogP contribution in [0.2, 0.25) is 5.02 Å². The fourth-order valence-electron chi connectivity index (χ4n) is 1.34. The highest BCUT2D eigenvalue weighted by Gasteiger charge is 2.22. The largest absolute Gasteiger partial charge is 0.480 e. The zero-order chi connectivity index (χ0) is 11.6. The predicted octanol–water partition coefficient (Wildman–Crippen LogP) is 2.79. The van der Waals surface area contributed by atoms with Crippen molar-refractivity contribution < 1.29 is 9.90 Å². The van der Waals surface area contributed by atoms with E-state index in [0.717, 1.165) is 0 Å². The van der Waals surface area contributed by atoms with Gasteiger partial charge in [0, 0.05) is 4.47 Å². The zero-order valence-corrected chi connectivity index (χ0v) is 10.7. The Labute approximate surface area is 102 Å². The van der Waals surface area contributed by atoms with Gasteiger partial charge in [0.05, 0.1) is 5.02 Å². The summed E-state index contributed by atoms with van der Waals surface area (Å²) in [6.45, 7) is 0. The Kier molecular flexibility index (Phi) is 4.13. The van der Waals surface area contributed by atoms with Crippen molar-refractivity contribution in [3.05, 3.63) is 33.3 Å². The monoisotopic (exact) mass is 291 g/mol. The lowest BCUT2D eigenvalue weighted by Crippen LogP contribution is -2.27. The summed E-state index contributed by atoms with van der Waals surface area (Å²) in [6.07, 6.45) is 0. The second kappa shape index (κ2) is 4.96. The summed E-state index contributed by atoms with van der Waals surface area (Å²) in [6, 6.07) is 4.46. The molecule has 0 aromatic heterocycles. The lowest BCUT2D eigenvalue weighted by molar-refractivity contribution is -0.142. The van der Waals surface area contributed by atoms with Crippen molar-refractivity contribution >= 4 is 33.5 Å². The van der Waals surface area contributed by atoms with Crippen molar-refractivity contribution in [3.63, 3.8) is 0 Å². The Morgan fingerprint density at radius 2 is 2.13 bits per heavy atom. The molecule has 5 heteroatoms. The van der Waals surface area contributed by atoms with Crippen molar-refractivity contribution in [1.82, 2.24) is 4.90 Å². The normalized spacial score (nSPS) is 12.9. The Hall–Kier alpha value is -0.580. The molecule has 0 saturated heterocycles. The van der Waals surface area contributed by atoms with Gasteiger partial charge in [0.25, 0.3) is 0 Å². The number of halogens is 2. The number of aliphatic carboxylic acids is 1. The standard InChI is InChI=1S/C10H11BrClNO2/c1-13(2)9(10(14)15)6-3-4-8(12)7(11)5-6/h3-5,9H,1-2H3,(H,14,15). The van der Waals surface area contributed by atoms with Gasteiger partial charge in [0.2, 0.25) is 0 Å². The van der Waals surface area contributed by atoms with Crippen LogP contribution in [0.15, 0.2) is 22.7 Å². The van der Waals surface area contributed by atoms with Gasteiger partial charge in [-0.3, -0.25) is 9.69 Å². The fraction of sp³-hybridized carbons (Fsp3) is 0.300. The van der Waals surface area contributed by atoms with Crippen molar-refractivity contribution in [2.24, 2.45) is 0 Å². The van der Waals surface area contributed by atoms with Gasteiger partial charge in [-0.1, -0.05) is 17.7 Å². The first-order chi connectivity index (χ1) is 6.93. The molecular weight excluding hydrogens is 281 g/mol. The van der Waals surface area contributed by atoms with Gasteiger partial charge in [-0.15, -0.1) is 0 Å². The molecular formula is C10H11BrClNO2. The van der Waals surface area contributed by atoms with E-state index in [4.69, 9.17) is 16.7 Å². The SMILES string of the molecule is CN(C)C(C(=O)O)c1ccc(Cl)c(Br)c1. The molecule has 1 aromatic rings. The molecule has 82 valence electrons. The molecule has 0 aliphatic rings. The minimum absolute atomic E-state index is 0.571. The van der Waals surface area contributed by atoms with Crippen LogP contribution in [0.5, 0.6) is 0 Å². The van der Waals surface area contributed by atoms with E-state index in [2.05, 4.69) is 15.9 Å². The van der Waals surface area contributed by atoms with Crippen LogP contribution in [0.4, 0.5) is 0 Å². The first-order valence-corrected chi connectivity index (χ1v) is 5.44. The molecule has 0 fully saturated rings. The second-order valence-electron chi connectivity index (χ2n) is 3.38. The molecule has 1 unspecified atom stereocenters. The first kappa shape index (κ1) is 12.5. The molecule has 1 aromatic carbocycles. The molecule has 1 N–H and O–H groups in total. The highest BCUT2D eigenvalue weighted by atomic mass is 79.9. The fourth-order valence-corrected chi connectivity index (χ4v) is 1.86. The Bertz CT molecular complexity index is 382. The number of likely N-dealkylation sites (N-methyl/N-ethyl adjacent to an activating group) is 1. The van der Waals surface area contributed by atoms with Crippen molar-refractivity contribution in [2.45, 2.75) is 6.04 Å². The summed E-state index contributed by atoms with van der Waals surface area (Å²) < 4.78 is 0.703. The van der Waals surface area contributed by atoms with Crippen LogP contribution in [-0.4, -0.2) is 30.1 Å². The van der Waals surface area contributed by atoms with Gasteiger partial charge in [-0.05, 0) is 47.7 Å². The predicted molar refractivity (Wildman–Crippen MR) is 63.2 cm³/mol. The quantitative estimate of drug-likeness (QED) is 0.931. The number of carbonyl (C=O) groups is 1. The van der Waals surface area contributed by atoms with E-state index < -0.39 is 12.0 Å². The van der Waals surface area contributed by atoms with Gasteiger partial charge in [-0.25, -0.2) is 0 Å². The van der Waals surface area contributed by atoms with Crippen LogP contribution in [0.3, 0.4) is 0 Å². The van der Waals surface area contributed by atoms with E-state index in [1.807, 2.05) is 0 Å². The van der Waals surface area contributed by atoms with Crippen molar-refractivity contribution in [3.8, 4) is 0 Å². The van der Waals surface area contributed by atoms with E-state index in [-0.39, 0.29) is 0 Å². The van der Waals surface area contributed by atoms with Gasteiger partial charge >= 0.3 is 5.97 Å². The molecule has 0 aliphatic carbocycles. The number of carboxylic acid groups (broad SMARTS) is 1. The lowest BCUT2D eigenvalue weighted by atomic mass is 10.1. The van der Waals surface area contributed by atoms with Gasteiger partial charge in [-0.2, -0.15) is 0 Å². The number of hydrogen-bond acceptors (Lipinski definition) is 2. The number of carboxylic acids is 1. The minimum Gasteiger partial charge on any atom is -0.480 e. The van der Waals surface area contributed by atoms with E-state index in [9.17, 15) is 4.79 Å². The van der Waals surface area contributed by atoms with E-state index >= 15 is 0 Å². The van der Waals surface area contributed by atoms with Crippen LogP contribution in [0.25, 0.3) is 0 Å². The molecule has 0 radical (unpaired) electrons. The van der Waals surface area contributed by atoms with Gasteiger partial charge in [0.15, 0.2) is 0 Å². The summed E-state index contributed by atoms with van der Waals surface area (Å²) >= 11 is 9.11. The van der Waals surface area contributed by atoms with Crippen LogP contribution < -0.4 is 0 Å². The Balaban J connectivity index is 3.12.